The minimum absolute atomic E-state index is 0.0696. The highest BCUT2D eigenvalue weighted by atomic mass is 19.1. The molecule has 0 unspecified atom stereocenters. The van der Waals surface area contributed by atoms with Gasteiger partial charge in [0.15, 0.2) is 17.6 Å². The second kappa shape index (κ2) is 8.85. The fourth-order valence-corrected chi connectivity index (χ4v) is 4.61. The lowest BCUT2D eigenvalue weighted by molar-refractivity contribution is 0.00265. The van der Waals surface area contributed by atoms with Gasteiger partial charge in [-0.05, 0) is 67.7 Å². The molecule has 3 saturated heterocycles. The van der Waals surface area contributed by atoms with Crippen molar-refractivity contribution in [2.45, 2.75) is 31.6 Å². The summed E-state index contributed by atoms with van der Waals surface area (Å²) in [6.07, 6.45) is 2.05. The Morgan fingerprint density at radius 3 is 2.68 bits per heavy atom. The lowest BCUT2D eigenvalue weighted by Gasteiger charge is -2.44. The van der Waals surface area contributed by atoms with Crippen LogP contribution in [0.5, 0.6) is 11.5 Å². The zero-order chi connectivity index (χ0) is 21.2. The molecular weight excluding hydrogens is 399 g/mol. The molecule has 1 N–H and O–H groups in total. The molecule has 1 amide bonds. The van der Waals surface area contributed by atoms with Crippen LogP contribution in [0.25, 0.3) is 0 Å². The average molecular weight is 426 g/mol. The number of rotatable bonds is 6. The number of nitrogens with zero attached hydrogens (tertiary/aromatic N) is 1. The van der Waals surface area contributed by atoms with Gasteiger partial charge in [0, 0.05) is 18.2 Å². The summed E-state index contributed by atoms with van der Waals surface area (Å²) < 4.78 is 30.5. The van der Waals surface area contributed by atoms with Crippen molar-refractivity contribution in [2.24, 2.45) is 5.92 Å². The number of amides is 1. The topological polar surface area (TPSA) is 60.0 Å². The van der Waals surface area contributed by atoms with Crippen LogP contribution in [-0.2, 0) is 11.3 Å². The maximum Gasteiger partial charge on any atom is 0.251 e. The van der Waals surface area contributed by atoms with E-state index in [0.717, 1.165) is 38.0 Å². The van der Waals surface area contributed by atoms with E-state index in [2.05, 4.69) is 10.2 Å². The zero-order valence-corrected chi connectivity index (χ0v) is 17.4. The number of piperidine rings is 3. The largest absolute Gasteiger partial charge is 0.486 e. The molecule has 2 aromatic carbocycles. The third kappa shape index (κ3) is 4.67. The first-order valence-corrected chi connectivity index (χ1v) is 10.9. The Morgan fingerprint density at radius 1 is 1.13 bits per heavy atom. The predicted octanol–water partition coefficient (Wildman–Crippen LogP) is 3.01. The molecule has 4 aliphatic heterocycles. The van der Waals surface area contributed by atoms with Crippen LogP contribution in [0, 0.1) is 11.7 Å². The fourth-order valence-electron chi connectivity index (χ4n) is 4.61. The second-order valence-corrected chi connectivity index (χ2v) is 8.57. The molecule has 31 heavy (non-hydrogen) atoms. The zero-order valence-electron chi connectivity index (χ0n) is 17.4. The third-order valence-electron chi connectivity index (χ3n) is 6.38. The van der Waals surface area contributed by atoms with E-state index in [0.29, 0.717) is 42.8 Å². The van der Waals surface area contributed by atoms with E-state index in [1.165, 1.54) is 12.1 Å². The monoisotopic (exact) mass is 426 g/mol. The molecule has 0 spiro atoms. The first-order chi connectivity index (χ1) is 15.1. The van der Waals surface area contributed by atoms with Crippen LogP contribution in [0.15, 0.2) is 42.5 Å². The summed E-state index contributed by atoms with van der Waals surface area (Å²) in [7, 11) is 0. The molecule has 4 heterocycles. The summed E-state index contributed by atoms with van der Waals surface area (Å²) in [5, 5.41) is 3.21. The molecule has 2 aromatic rings. The Hall–Kier alpha value is -2.64. The molecule has 2 bridgehead atoms. The summed E-state index contributed by atoms with van der Waals surface area (Å²) >= 11 is 0. The van der Waals surface area contributed by atoms with Gasteiger partial charge in [0.05, 0.1) is 13.2 Å². The Morgan fingerprint density at radius 2 is 1.94 bits per heavy atom. The molecule has 0 radical (unpaired) electrons. The van der Waals surface area contributed by atoms with Gasteiger partial charge in [0.2, 0.25) is 0 Å². The Labute approximate surface area is 181 Å². The number of carbonyl (C=O) groups excluding carboxylic acids is 1. The van der Waals surface area contributed by atoms with Crippen LogP contribution in [-0.4, -0.2) is 55.8 Å². The molecule has 3 fully saturated rings. The molecule has 0 aromatic heterocycles. The molecule has 6 rings (SSSR count). The van der Waals surface area contributed by atoms with Crippen LogP contribution >= 0.6 is 0 Å². The molecule has 6 nitrogen and oxygen atoms in total. The van der Waals surface area contributed by atoms with Crippen molar-refractivity contribution in [3.05, 3.63) is 59.4 Å². The van der Waals surface area contributed by atoms with Gasteiger partial charge >= 0.3 is 0 Å². The predicted molar refractivity (Wildman–Crippen MR) is 113 cm³/mol. The van der Waals surface area contributed by atoms with Crippen LogP contribution < -0.4 is 14.8 Å². The van der Waals surface area contributed by atoms with Crippen LogP contribution in [0.2, 0.25) is 0 Å². The van der Waals surface area contributed by atoms with Crippen LogP contribution in [0.1, 0.15) is 28.8 Å². The second-order valence-electron chi connectivity index (χ2n) is 8.57. The van der Waals surface area contributed by atoms with Crippen molar-refractivity contribution >= 4 is 5.91 Å². The number of nitrogens with one attached hydrogen (secondary N) is 1. The highest BCUT2D eigenvalue weighted by molar-refractivity contribution is 5.95. The highest BCUT2D eigenvalue weighted by Gasteiger charge is 2.35. The Balaban J connectivity index is 1.16. The molecule has 0 saturated carbocycles. The van der Waals surface area contributed by atoms with Crippen molar-refractivity contribution < 1.29 is 23.4 Å². The van der Waals surface area contributed by atoms with E-state index < -0.39 is 0 Å². The number of carbonyl (C=O) groups is 1. The van der Waals surface area contributed by atoms with E-state index in [1.807, 2.05) is 0 Å². The number of fused-ring (bicyclic) bond motifs is 4. The summed E-state index contributed by atoms with van der Waals surface area (Å²) in [6, 6.07) is 11.8. The van der Waals surface area contributed by atoms with Crippen LogP contribution in [0.3, 0.4) is 0 Å². The van der Waals surface area contributed by atoms with Gasteiger partial charge in [-0.3, -0.25) is 4.79 Å². The standard InChI is InChI=1S/C24H27FN2O4/c25-19-4-1-16(2-5-19)13-29-14-20-15-30-22-6-3-18(11-23(22)31-20)24(28)26-21-12-27-9-7-17(21)8-10-27/h1-6,11,17,20-21H,7-10,12-15H2,(H,26,28)/t20-,21-/m0/s1. The Kier molecular flexibility index (Phi) is 5.78. The maximum atomic E-state index is 13.0. The number of hydrogen-bond acceptors (Lipinski definition) is 5. The molecule has 4 aliphatic rings. The van der Waals surface area contributed by atoms with Gasteiger partial charge in [0.25, 0.3) is 5.91 Å². The Bertz CT molecular complexity index is 928. The summed E-state index contributed by atoms with van der Waals surface area (Å²) in [5.41, 5.74) is 1.47. The maximum absolute atomic E-state index is 13.0. The van der Waals surface area contributed by atoms with Gasteiger partial charge in [-0.15, -0.1) is 0 Å². The summed E-state index contributed by atoms with van der Waals surface area (Å²) in [4.78, 5) is 15.3. The molecule has 164 valence electrons. The lowest BCUT2D eigenvalue weighted by atomic mass is 9.84. The molecule has 0 aliphatic carbocycles. The minimum atomic E-state index is -0.270. The van der Waals surface area contributed by atoms with Crippen molar-refractivity contribution in [1.29, 1.82) is 0 Å². The smallest absolute Gasteiger partial charge is 0.251 e. The van der Waals surface area contributed by atoms with Gasteiger partial charge in [-0.1, -0.05) is 12.1 Å². The van der Waals surface area contributed by atoms with E-state index in [1.54, 1.807) is 30.3 Å². The van der Waals surface area contributed by atoms with Crippen molar-refractivity contribution in [3.8, 4) is 11.5 Å². The van der Waals surface area contributed by atoms with Gasteiger partial charge < -0.3 is 24.4 Å². The average Bonchev–Trinajstić information content (AvgIpc) is 2.81. The van der Waals surface area contributed by atoms with E-state index in [9.17, 15) is 9.18 Å². The number of benzene rings is 2. The van der Waals surface area contributed by atoms with E-state index in [-0.39, 0.29) is 23.9 Å². The van der Waals surface area contributed by atoms with Crippen molar-refractivity contribution in [1.82, 2.24) is 10.2 Å². The minimum Gasteiger partial charge on any atom is -0.486 e. The van der Waals surface area contributed by atoms with E-state index in [4.69, 9.17) is 14.2 Å². The number of halogens is 1. The van der Waals surface area contributed by atoms with Gasteiger partial charge in [0.1, 0.15) is 12.4 Å². The fraction of sp³-hybridized carbons (Fsp3) is 0.458. The van der Waals surface area contributed by atoms with Crippen molar-refractivity contribution in [2.75, 3.05) is 32.8 Å². The quantitative estimate of drug-likeness (QED) is 0.770. The van der Waals surface area contributed by atoms with Gasteiger partial charge in [-0.2, -0.15) is 0 Å². The molecular formula is C24H27FN2O4. The lowest BCUT2D eigenvalue weighted by Crippen LogP contribution is -2.57. The molecule has 7 heteroatoms. The summed E-state index contributed by atoms with van der Waals surface area (Å²) in [5.74, 6) is 1.43. The SMILES string of the molecule is O=C(N[C@H]1CN2CCC1CC2)c1ccc2c(c1)O[C@@H](COCc1ccc(F)cc1)CO2. The van der Waals surface area contributed by atoms with Gasteiger partial charge in [-0.25, -0.2) is 4.39 Å². The number of hydrogen-bond donors (Lipinski definition) is 1. The number of ether oxygens (including phenoxy) is 3. The third-order valence-corrected chi connectivity index (χ3v) is 6.38. The van der Waals surface area contributed by atoms with Crippen LogP contribution in [0.4, 0.5) is 4.39 Å². The highest BCUT2D eigenvalue weighted by Crippen LogP contribution is 2.33. The van der Waals surface area contributed by atoms with E-state index >= 15 is 0 Å². The summed E-state index contributed by atoms with van der Waals surface area (Å²) in [6.45, 7) is 4.31. The normalized spacial score (nSPS) is 26.5. The first kappa shape index (κ1) is 20.3. The van der Waals surface area contributed by atoms with Crippen molar-refractivity contribution in [3.63, 3.8) is 0 Å². The first-order valence-electron chi connectivity index (χ1n) is 10.9. The molecule has 2 atom stereocenters.